The molecule has 92 valence electrons. The zero-order chi connectivity index (χ0) is 11.9. The Morgan fingerprint density at radius 2 is 1.93 bits per heavy atom. The summed E-state index contributed by atoms with van der Waals surface area (Å²) in [5.74, 6) is 0.549. The maximum Gasteiger partial charge on any atom is 0.441 e. The van der Waals surface area contributed by atoms with Gasteiger partial charge >= 0.3 is 5.51 Å². The molecule has 0 radical (unpaired) electrons. The van der Waals surface area contributed by atoms with Gasteiger partial charge in [-0.25, -0.2) is 0 Å². The third kappa shape index (κ3) is 12.3. The van der Waals surface area contributed by atoms with Gasteiger partial charge in [0, 0.05) is 24.2 Å². The van der Waals surface area contributed by atoms with Crippen molar-refractivity contribution in [2.45, 2.75) is 31.2 Å². The highest BCUT2D eigenvalue weighted by molar-refractivity contribution is 8.00. The molecule has 1 N–H and O–H groups in total. The average Bonchev–Trinajstić information content (AvgIpc) is 1.99. The fourth-order valence-electron chi connectivity index (χ4n) is 1.09. The Morgan fingerprint density at radius 1 is 1.33 bits per heavy atom. The van der Waals surface area contributed by atoms with Gasteiger partial charge in [-0.2, -0.15) is 13.2 Å². The van der Waals surface area contributed by atoms with Crippen LogP contribution in [0.3, 0.4) is 0 Å². The van der Waals surface area contributed by atoms with E-state index in [-0.39, 0.29) is 22.9 Å². The molecule has 0 amide bonds. The molecule has 0 heterocycles. The fourth-order valence-corrected chi connectivity index (χ4v) is 2.04. The largest absolute Gasteiger partial charge is 0.441 e. The Bertz CT molecular complexity index is 164. The predicted octanol–water partition coefficient (Wildman–Crippen LogP) is 3.48. The van der Waals surface area contributed by atoms with Crippen molar-refractivity contribution in [3.05, 3.63) is 0 Å². The summed E-state index contributed by atoms with van der Waals surface area (Å²) in [5.41, 5.74) is -4.13. The van der Waals surface area contributed by atoms with Crippen LogP contribution in [-0.4, -0.2) is 29.7 Å². The Labute approximate surface area is 98.1 Å². The second-order valence-corrected chi connectivity index (χ2v) is 5.50. The Morgan fingerprint density at radius 3 is 2.40 bits per heavy atom. The number of hydrogen-bond donors (Lipinski definition) is 1. The van der Waals surface area contributed by atoms with Crippen molar-refractivity contribution in [3.8, 4) is 0 Å². The predicted molar refractivity (Wildman–Crippen MR) is 60.5 cm³/mol. The van der Waals surface area contributed by atoms with Crippen molar-refractivity contribution < 1.29 is 13.2 Å². The molecule has 1 atom stereocenters. The van der Waals surface area contributed by atoms with Crippen LogP contribution in [-0.2, 0) is 0 Å². The first-order valence-electron chi connectivity index (χ1n) is 4.86. The zero-order valence-electron chi connectivity index (χ0n) is 8.90. The monoisotopic (exact) mass is 263 g/mol. The van der Waals surface area contributed by atoms with Crippen LogP contribution in [0.4, 0.5) is 13.2 Å². The van der Waals surface area contributed by atoms with E-state index in [9.17, 15) is 13.2 Å². The van der Waals surface area contributed by atoms with Crippen molar-refractivity contribution in [1.82, 2.24) is 5.32 Å². The molecule has 0 spiro atoms. The minimum atomic E-state index is -4.13. The molecule has 15 heavy (non-hydrogen) atoms. The molecule has 0 saturated carbocycles. The van der Waals surface area contributed by atoms with E-state index in [2.05, 4.69) is 19.2 Å². The number of nitrogens with one attached hydrogen (secondary N) is 1. The number of hydrogen-bond acceptors (Lipinski definition) is 2. The van der Waals surface area contributed by atoms with Gasteiger partial charge in [0.1, 0.15) is 0 Å². The zero-order valence-corrected chi connectivity index (χ0v) is 10.5. The molecule has 6 heteroatoms. The van der Waals surface area contributed by atoms with Crippen LogP contribution in [0, 0.1) is 5.92 Å². The summed E-state index contributed by atoms with van der Waals surface area (Å²) >= 11 is 5.95. The van der Waals surface area contributed by atoms with Gasteiger partial charge in [0.25, 0.3) is 0 Å². The summed E-state index contributed by atoms with van der Waals surface area (Å²) in [4.78, 5) is 0. The minimum absolute atomic E-state index is 0.000821. The summed E-state index contributed by atoms with van der Waals surface area (Å²) in [6.07, 6.45) is 0.876. The van der Waals surface area contributed by atoms with Crippen molar-refractivity contribution >= 4 is 23.4 Å². The van der Waals surface area contributed by atoms with E-state index in [1.807, 2.05) is 0 Å². The molecular weight excluding hydrogens is 247 g/mol. The Hall–Kier alpha value is 0.390. The molecule has 0 aromatic carbocycles. The summed E-state index contributed by atoms with van der Waals surface area (Å²) in [5, 5.41) is 2.91. The summed E-state index contributed by atoms with van der Waals surface area (Å²) in [7, 11) is 0. The first-order valence-corrected chi connectivity index (χ1v) is 6.29. The molecule has 0 aromatic heterocycles. The molecule has 0 fully saturated rings. The molecule has 0 aromatic rings. The molecule has 1 nitrogen and oxygen atoms in total. The lowest BCUT2D eigenvalue weighted by Crippen LogP contribution is -2.26. The Kier molecular flexibility index (Phi) is 7.83. The van der Waals surface area contributed by atoms with E-state index in [4.69, 9.17) is 11.6 Å². The van der Waals surface area contributed by atoms with Crippen LogP contribution in [0.2, 0.25) is 0 Å². The second-order valence-electron chi connectivity index (χ2n) is 3.73. The van der Waals surface area contributed by atoms with Crippen LogP contribution in [0.15, 0.2) is 0 Å². The SMILES string of the molecule is CC(C)CC(Cl)CNCCSC(F)(F)F. The lowest BCUT2D eigenvalue weighted by Gasteiger charge is -2.13. The lowest BCUT2D eigenvalue weighted by molar-refractivity contribution is -0.0327. The van der Waals surface area contributed by atoms with E-state index in [1.165, 1.54) is 0 Å². The summed E-state index contributed by atoms with van der Waals surface area (Å²) < 4.78 is 35.2. The van der Waals surface area contributed by atoms with Crippen molar-refractivity contribution in [2.24, 2.45) is 5.92 Å². The van der Waals surface area contributed by atoms with Crippen LogP contribution >= 0.6 is 23.4 Å². The summed E-state index contributed by atoms with van der Waals surface area (Å²) in [6.45, 7) is 5.04. The molecule has 0 bridgehead atoms. The number of halogens is 4. The van der Waals surface area contributed by atoms with Crippen LogP contribution < -0.4 is 5.32 Å². The number of rotatable bonds is 7. The van der Waals surface area contributed by atoms with Gasteiger partial charge in [-0.1, -0.05) is 13.8 Å². The molecule has 0 aliphatic rings. The van der Waals surface area contributed by atoms with Gasteiger partial charge in [0.2, 0.25) is 0 Å². The smallest absolute Gasteiger partial charge is 0.314 e. The molecule has 1 unspecified atom stereocenters. The molecular formula is C9H17ClF3NS. The van der Waals surface area contributed by atoms with Gasteiger partial charge in [0.05, 0.1) is 0 Å². The van der Waals surface area contributed by atoms with E-state index in [0.717, 1.165) is 6.42 Å². The average molecular weight is 264 g/mol. The van der Waals surface area contributed by atoms with Crippen molar-refractivity contribution in [3.63, 3.8) is 0 Å². The standard InChI is InChI=1S/C9H17ClF3NS/c1-7(2)5-8(10)6-14-3-4-15-9(11,12)13/h7-8,14H,3-6H2,1-2H3. The van der Waals surface area contributed by atoms with E-state index in [0.29, 0.717) is 19.0 Å². The van der Waals surface area contributed by atoms with Gasteiger partial charge in [0.15, 0.2) is 0 Å². The topological polar surface area (TPSA) is 12.0 Å². The molecule has 0 aliphatic heterocycles. The third-order valence-corrected chi connectivity index (χ3v) is 2.71. The maximum absolute atomic E-state index is 11.7. The second kappa shape index (κ2) is 7.63. The minimum Gasteiger partial charge on any atom is -0.314 e. The highest BCUT2D eigenvalue weighted by Gasteiger charge is 2.27. The van der Waals surface area contributed by atoms with Crippen LogP contribution in [0.5, 0.6) is 0 Å². The first kappa shape index (κ1) is 15.4. The molecule has 0 aliphatic carbocycles. The van der Waals surface area contributed by atoms with Crippen LogP contribution in [0.1, 0.15) is 20.3 Å². The Balaban J connectivity index is 3.31. The van der Waals surface area contributed by atoms with E-state index >= 15 is 0 Å². The van der Waals surface area contributed by atoms with E-state index in [1.54, 1.807) is 0 Å². The maximum atomic E-state index is 11.7. The summed E-state index contributed by atoms with van der Waals surface area (Å²) in [6, 6.07) is 0. The quantitative estimate of drug-likeness (QED) is 0.558. The number of thioether (sulfide) groups is 1. The lowest BCUT2D eigenvalue weighted by atomic mass is 10.1. The third-order valence-electron chi connectivity index (χ3n) is 1.64. The highest BCUT2D eigenvalue weighted by Crippen LogP contribution is 2.29. The highest BCUT2D eigenvalue weighted by atomic mass is 35.5. The first-order chi connectivity index (χ1) is 6.81. The molecule has 0 rings (SSSR count). The van der Waals surface area contributed by atoms with Crippen molar-refractivity contribution in [2.75, 3.05) is 18.8 Å². The van der Waals surface area contributed by atoms with Gasteiger partial charge in [-0.05, 0) is 24.1 Å². The van der Waals surface area contributed by atoms with Crippen molar-refractivity contribution in [1.29, 1.82) is 0 Å². The van der Waals surface area contributed by atoms with Crippen LogP contribution in [0.25, 0.3) is 0 Å². The van der Waals surface area contributed by atoms with Gasteiger partial charge in [-0.15, -0.1) is 11.6 Å². The normalized spacial score (nSPS) is 14.6. The molecule has 0 saturated heterocycles. The van der Waals surface area contributed by atoms with E-state index < -0.39 is 5.51 Å². The van der Waals surface area contributed by atoms with Gasteiger partial charge in [-0.3, -0.25) is 0 Å². The number of alkyl halides is 4. The fraction of sp³-hybridized carbons (Fsp3) is 1.00. The van der Waals surface area contributed by atoms with Gasteiger partial charge < -0.3 is 5.32 Å².